The van der Waals surface area contributed by atoms with Gasteiger partial charge in [-0.2, -0.15) is 5.10 Å². The highest BCUT2D eigenvalue weighted by atomic mass is 16.2. The van der Waals surface area contributed by atoms with Crippen molar-refractivity contribution in [3.05, 3.63) is 12.5 Å². The number of aryl methyl sites for hydroxylation is 1. The van der Waals surface area contributed by atoms with Gasteiger partial charge >= 0.3 is 0 Å². The summed E-state index contributed by atoms with van der Waals surface area (Å²) in [7, 11) is 1.90. The molecule has 3 aliphatic rings. The van der Waals surface area contributed by atoms with Crippen molar-refractivity contribution < 1.29 is 4.79 Å². The summed E-state index contributed by atoms with van der Waals surface area (Å²) in [5.74, 6) is 2.02. The van der Waals surface area contributed by atoms with Gasteiger partial charge in [-0.1, -0.05) is 19.3 Å². The van der Waals surface area contributed by atoms with Crippen molar-refractivity contribution in [1.29, 1.82) is 0 Å². The van der Waals surface area contributed by atoms with Crippen LogP contribution in [-0.4, -0.2) is 80.8 Å². The summed E-state index contributed by atoms with van der Waals surface area (Å²) in [6.07, 6.45) is 12.8. The van der Waals surface area contributed by atoms with Gasteiger partial charge in [-0.05, 0) is 31.6 Å². The third-order valence-electron chi connectivity index (χ3n) is 7.06. The van der Waals surface area contributed by atoms with Crippen LogP contribution in [-0.2, 0) is 11.8 Å². The Bertz CT molecular complexity index is 879. The lowest BCUT2D eigenvalue weighted by molar-refractivity contribution is -0.133. The molecule has 30 heavy (non-hydrogen) atoms. The van der Waals surface area contributed by atoms with Crippen molar-refractivity contribution in [1.82, 2.24) is 29.5 Å². The molecule has 8 nitrogen and oxygen atoms in total. The standard InChI is InChI=1S/C22H33N7O/c1-26-21-19(13-25-26)22(24-16-23-21)28-11-9-27(10-12-28)20(30)15-29(18-7-8-18)14-17-5-3-2-4-6-17/h13,16-18H,2-12,14-15H2,1H3. The van der Waals surface area contributed by atoms with E-state index >= 15 is 0 Å². The molecule has 0 bridgehead atoms. The summed E-state index contributed by atoms with van der Waals surface area (Å²) in [6, 6.07) is 0.650. The van der Waals surface area contributed by atoms with Crippen LogP contribution in [0.1, 0.15) is 44.9 Å². The molecule has 1 saturated heterocycles. The number of hydrogen-bond acceptors (Lipinski definition) is 6. The van der Waals surface area contributed by atoms with Crippen LogP contribution in [0.25, 0.3) is 11.0 Å². The Labute approximate surface area is 178 Å². The Hall–Kier alpha value is -2.22. The van der Waals surface area contributed by atoms with Gasteiger partial charge in [-0.3, -0.25) is 14.4 Å². The normalized spacial score (nSPS) is 21.0. The second-order valence-corrected chi connectivity index (χ2v) is 9.24. The van der Waals surface area contributed by atoms with Gasteiger partial charge in [-0.15, -0.1) is 0 Å². The van der Waals surface area contributed by atoms with E-state index in [0.29, 0.717) is 18.5 Å². The average molecular weight is 412 g/mol. The molecule has 0 spiro atoms. The lowest BCUT2D eigenvalue weighted by Crippen LogP contribution is -2.52. The average Bonchev–Trinajstić information content (AvgIpc) is 3.57. The summed E-state index contributed by atoms with van der Waals surface area (Å²) in [5, 5.41) is 5.29. The molecule has 162 valence electrons. The second kappa shape index (κ2) is 8.49. The van der Waals surface area contributed by atoms with Crippen molar-refractivity contribution in [2.75, 3.05) is 44.2 Å². The predicted octanol–water partition coefficient (Wildman–Crippen LogP) is 2.06. The first-order valence-corrected chi connectivity index (χ1v) is 11.6. The number of carbonyl (C=O) groups is 1. The van der Waals surface area contributed by atoms with Gasteiger partial charge in [-0.25, -0.2) is 9.97 Å². The number of carbonyl (C=O) groups excluding carboxylic acids is 1. The summed E-state index contributed by atoms with van der Waals surface area (Å²) in [4.78, 5) is 28.7. The highest BCUT2D eigenvalue weighted by Gasteiger charge is 2.33. The van der Waals surface area contributed by atoms with Crippen LogP contribution >= 0.6 is 0 Å². The van der Waals surface area contributed by atoms with Crippen molar-refractivity contribution in [2.24, 2.45) is 13.0 Å². The number of amides is 1. The van der Waals surface area contributed by atoms with E-state index in [-0.39, 0.29) is 0 Å². The number of nitrogens with zero attached hydrogens (tertiary/aromatic N) is 7. The van der Waals surface area contributed by atoms with E-state index in [1.165, 1.54) is 44.9 Å². The van der Waals surface area contributed by atoms with Crippen molar-refractivity contribution >= 4 is 22.8 Å². The van der Waals surface area contributed by atoms with Gasteiger partial charge in [0.05, 0.1) is 18.1 Å². The molecule has 3 heterocycles. The maximum atomic E-state index is 13.1. The third kappa shape index (κ3) is 4.15. The van der Waals surface area contributed by atoms with E-state index in [1.54, 1.807) is 11.0 Å². The lowest BCUT2D eigenvalue weighted by Gasteiger charge is -2.37. The van der Waals surface area contributed by atoms with Crippen molar-refractivity contribution in [3.63, 3.8) is 0 Å². The fourth-order valence-electron chi connectivity index (χ4n) is 5.13. The van der Waals surface area contributed by atoms with E-state index in [0.717, 1.165) is 55.5 Å². The van der Waals surface area contributed by atoms with E-state index in [2.05, 4.69) is 24.9 Å². The Morgan fingerprint density at radius 3 is 2.57 bits per heavy atom. The maximum Gasteiger partial charge on any atom is 0.236 e. The first kappa shape index (κ1) is 19.7. The van der Waals surface area contributed by atoms with Gasteiger partial charge in [0.2, 0.25) is 5.91 Å². The van der Waals surface area contributed by atoms with Crippen LogP contribution in [0, 0.1) is 5.92 Å². The highest BCUT2D eigenvalue weighted by Crippen LogP contribution is 2.31. The van der Waals surface area contributed by atoms with Gasteiger partial charge in [0, 0.05) is 45.8 Å². The monoisotopic (exact) mass is 411 g/mol. The molecule has 0 radical (unpaired) electrons. The Morgan fingerprint density at radius 2 is 1.83 bits per heavy atom. The lowest BCUT2D eigenvalue weighted by atomic mass is 9.89. The smallest absolute Gasteiger partial charge is 0.236 e. The molecule has 2 saturated carbocycles. The molecule has 0 aromatic carbocycles. The van der Waals surface area contributed by atoms with Gasteiger partial charge in [0.15, 0.2) is 5.65 Å². The number of fused-ring (bicyclic) bond motifs is 1. The predicted molar refractivity (Wildman–Crippen MR) is 116 cm³/mol. The molecule has 5 rings (SSSR count). The minimum Gasteiger partial charge on any atom is -0.352 e. The topological polar surface area (TPSA) is 70.4 Å². The zero-order valence-corrected chi connectivity index (χ0v) is 18.0. The fourth-order valence-corrected chi connectivity index (χ4v) is 5.13. The minimum atomic E-state index is 0.298. The van der Waals surface area contributed by atoms with Crippen LogP contribution in [0.4, 0.5) is 5.82 Å². The van der Waals surface area contributed by atoms with E-state index in [1.807, 2.05) is 18.1 Å². The van der Waals surface area contributed by atoms with E-state index < -0.39 is 0 Å². The molecular weight excluding hydrogens is 378 g/mol. The van der Waals surface area contributed by atoms with E-state index in [9.17, 15) is 4.79 Å². The largest absolute Gasteiger partial charge is 0.352 e. The van der Waals surface area contributed by atoms with Gasteiger partial charge in [0.25, 0.3) is 0 Å². The molecule has 2 aliphatic carbocycles. The Morgan fingerprint density at radius 1 is 1.07 bits per heavy atom. The van der Waals surface area contributed by atoms with Crippen LogP contribution in [0.3, 0.4) is 0 Å². The molecular formula is C22H33N7O. The van der Waals surface area contributed by atoms with Gasteiger partial charge in [0.1, 0.15) is 12.1 Å². The first-order chi connectivity index (χ1) is 14.7. The zero-order valence-electron chi connectivity index (χ0n) is 18.0. The van der Waals surface area contributed by atoms with E-state index in [4.69, 9.17) is 0 Å². The molecule has 3 fully saturated rings. The van der Waals surface area contributed by atoms with Crippen LogP contribution < -0.4 is 4.90 Å². The summed E-state index contributed by atoms with van der Waals surface area (Å²) in [5.41, 5.74) is 0.848. The van der Waals surface area contributed by atoms with Crippen molar-refractivity contribution in [2.45, 2.75) is 51.0 Å². The number of anilines is 1. The zero-order chi connectivity index (χ0) is 20.5. The summed E-state index contributed by atoms with van der Waals surface area (Å²) in [6.45, 7) is 4.84. The Balaban J connectivity index is 1.18. The quantitative estimate of drug-likeness (QED) is 0.725. The molecule has 1 amide bonds. The summed E-state index contributed by atoms with van der Waals surface area (Å²) >= 11 is 0. The maximum absolute atomic E-state index is 13.1. The number of rotatable bonds is 6. The number of piperazine rings is 1. The Kier molecular flexibility index (Phi) is 5.58. The van der Waals surface area contributed by atoms with Crippen molar-refractivity contribution in [3.8, 4) is 0 Å². The molecule has 2 aromatic heterocycles. The number of aromatic nitrogens is 4. The van der Waals surface area contributed by atoms with Crippen LogP contribution in [0.2, 0.25) is 0 Å². The molecule has 0 unspecified atom stereocenters. The SMILES string of the molecule is Cn1ncc2c(N3CCN(C(=O)CN(CC4CCCCC4)C4CC4)CC3)ncnc21. The summed E-state index contributed by atoms with van der Waals surface area (Å²) < 4.78 is 1.78. The molecule has 0 N–H and O–H groups in total. The fraction of sp³-hybridized carbons (Fsp3) is 0.727. The minimum absolute atomic E-state index is 0.298. The molecule has 2 aromatic rings. The number of hydrogen-bond donors (Lipinski definition) is 0. The first-order valence-electron chi connectivity index (χ1n) is 11.6. The van der Waals surface area contributed by atoms with Crippen LogP contribution in [0.15, 0.2) is 12.5 Å². The molecule has 1 aliphatic heterocycles. The third-order valence-corrected chi connectivity index (χ3v) is 7.06. The highest BCUT2D eigenvalue weighted by molar-refractivity contribution is 5.87. The second-order valence-electron chi connectivity index (χ2n) is 9.24. The molecule has 8 heteroatoms. The van der Waals surface area contributed by atoms with Gasteiger partial charge < -0.3 is 9.80 Å². The molecule has 0 atom stereocenters. The van der Waals surface area contributed by atoms with Crippen LogP contribution in [0.5, 0.6) is 0 Å².